The molecule has 0 radical (unpaired) electrons. The van der Waals surface area contributed by atoms with Gasteiger partial charge in [-0.1, -0.05) is 24.3 Å². The summed E-state index contributed by atoms with van der Waals surface area (Å²) in [6.07, 6.45) is 4.99. The van der Waals surface area contributed by atoms with E-state index in [0.717, 1.165) is 12.0 Å². The molecule has 0 rings (SSSR count). The summed E-state index contributed by atoms with van der Waals surface area (Å²) >= 11 is 0. The van der Waals surface area contributed by atoms with Crippen molar-refractivity contribution >= 4 is 5.97 Å². The lowest BCUT2D eigenvalue weighted by Crippen LogP contribution is -2.10. The number of esters is 1. The Labute approximate surface area is 80.3 Å². The van der Waals surface area contributed by atoms with Gasteiger partial charge in [0.1, 0.15) is 0 Å². The Morgan fingerprint density at radius 3 is 2.62 bits per heavy atom. The highest BCUT2D eigenvalue weighted by molar-refractivity contribution is 5.69. The van der Waals surface area contributed by atoms with Crippen molar-refractivity contribution in [2.75, 3.05) is 0 Å². The highest BCUT2D eigenvalue weighted by Crippen LogP contribution is 1.99. The van der Waals surface area contributed by atoms with Crippen LogP contribution in [0.5, 0.6) is 0 Å². The van der Waals surface area contributed by atoms with Gasteiger partial charge in [-0.3, -0.25) is 4.79 Å². The first-order valence-electron chi connectivity index (χ1n) is 4.54. The maximum absolute atomic E-state index is 11.0. The fraction of sp³-hybridized carbons (Fsp3) is 0.545. The molecule has 0 atom stereocenters. The zero-order chi connectivity index (χ0) is 10.3. The van der Waals surface area contributed by atoms with Crippen LogP contribution < -0.4 is 0 Å². The SMILES string of the molecule is C=C(C)C=CCCC(=O)OC(C)C. The molecular weight excluding hydrogens is 164 g/mol. The summed E-state index contributed by atoms with van der Waals surface area (Å²) in [6, 6.07) is 0. The number of rotatable bonds is 5. The second-order valence-corrected chi connectivity index (χ2v) is 3.33. The summed E-state index contributed by atoms with van der Waals surface area (Å²) < 4.78 is 4.96. The lowest BCUT2D eigenvalue weighted by Gasteiger charge is -2.05. The number of hydrogen-bond donors (Lipinski definition) is 0. The molecule has 0 N–H and O–H groups in total. The molecule has 2 heteroatoms. The molecule has 0 aliphatic rings. The maximum atomic E-state index is 11.0. The van der Waals surface area contributed by atoms with Gasteiger partial charge in [0.2, 0.25) is 0 Å². The lowest BCUT2D eigenvalue weighted by molar-refractivity contribution is -0.147. The molecule has 0 fully saturated rings. The van der Waals surface area contributed by atoms with Crippen LogP contribution in [0, 0.1) is 0 Å². The molecule has 0 unspecified atom stereocenters. The Balaban J connectivity index is 3.53. The predicted molar refractivity (Wildman–Crippen MR) is 54.4 cm³/mol. The summed E-state index contributed by atoms with van der Waals surface area (Å²) in [6.45, 7) is 9.33. The van der Waals surface area contributed by atoms with Gasteiger partial charge in [0.05, 0.1) is 6.10 Å². The Morgan fingerprint density at radius 1 is 1.54 bits per heavy atom. The minimum Gasteiger partial charge on any atom is -0.463 e. The third kappa shape index (κ3) is 8.86. The lowest BCUT2D eigenvalue weighted by atomic mass is 10.2. The molecule has 0 bridgehead atoms. The molecule has 0 aromatic rings. The fourth-order valence-corrected chi connectivity index (χ4v) is 0.808. The summed E-state index contributed by atoms with van der Waals surface area (Å²) in [5.74, 6) is -0.138. The smallest absolute Gasteiger partial charge is 0.306 e. The number of carbonyl (C=O) groups is 1. The van der Waals surface area contributed by atoms with Crippen LogP contribution in [-0.2, 0) is 9.53 Å². The minimum absolute atomic E-state index is 0.0161. The quantitative estimate of drug-likeness (QED) is 0.482. The van der Waals surface area contributed by atoms with Crippen LogP contribution in [0.15, 0.2) is 24.3 Å². The second kappa shape index (κ2) is 6.46. The molecule has 0 aromatic carbocycles. The first kappa shape index (κ1) is 11.9. The molecule has 0 aliphatic heterocycles. The van der Waals surface area contributed by atoms with Crippen LogP contribution in [0.1, 0.15) is 33.6 Å². The summed E-state index contributed by atoms with van der Waals surface area (Å²) in [7, 11) is 0. The summed E-state index contributed by atoms with van der Waals surface area (Å²) in [5, 5.41) is 0. The molecule has 0 aromatic heterocycles. The van der Waals surface area contributed by atoms with Gasteiger partial charge in [0.15, 0.2) is 0 Å². The van der Waals surface area contributed by atoms with Crippen molar-refractivity contribution < 1.29 is 9.53 Å². The average molecular weight is 182 g/mol. The van der Waals surface area contributed by atoms with Crippen molar-refractivity contribution in [3.63, 3.8) is 0 Å². The largest absolute Gasteiger partial charge is 0.463 e. The number of allylic oxidation sites excluding steroid dienone is 3. The van der Waals surface area contributed by atoms with E-state index in [1.165, 1.54) is 0 Å². The standard InChI is InChI=1S/C11H18O2/c1-9(2)7-5-6-8-11(12)13-10(3)4/h5,7,10H,1,6,8H2,2-4H3. The first-order valence-corrected chi connectivity index (χ1v) is 4.54. The van der Waals surface area contributed by atoms with E-state index in [1.807, 2.05) is 32.9 Å². The zero-order valence-electron chi connectivity index (χ0n) is 8.67. The number of carbonyl (C=O) groups excluding carboxylic acids is 1. The van der Waals surface area contributed by atoms with E-state index in [0.29, 0.717) is 6.42 Å². The Morgan fingerprint density at radius 2 is 2.15 bits per heavy atom. The predicted octanol–water partition coefficient (Wildman–Crippen LogP) is 2.85. The molecule has 0 saturated carbocycles. The van der Waals surface area contributed by atoms with Gasteiger partial charge in [0.25, 0.3) is 0 Å². The highest BCUT2D eigenvalue weighted by Gasteiger charge is 2.02. The van der Waals surface area contributed by atoms with Crippen molar-refractivity contribution in [2.24, 2.45) is 0 Å². The average Bonchev–Trinajstić information content (AvgIpc) is 1.96. The Bertz CT molecular complexity index is 202. The van der Waals surface area contributed by atoms with Crippen LogP contribution in [0.3, 0.4) is 0 Å². The Kier molecular flexibility index (Phi) is 5.94. The first-order chi connectivity index (χ1) is 6.02. The molecule has 0 aliphatic carbocycles. The van der Waals surface area contributed by atoms with Gasteiger partial charge < -0.3 is 4.74 Å². The van der Waals surface area contributed by atoms with Crippen molar-refractivity contribution in [3.05, 3.63) is 24.3 Å². The van der Waals surface area contributed by atoms with Crippen LogP contribution in [0.2, 0.25) is 0 Å². The van der Waals surface area contributed by atoms with E-state index in [2.05, 4.69) is 6.58 Å². The Hall–Kier alpha value is -1.05. The third-order valence-corrected chi connectivity index (χ3v) is 1.28. The monoisotopic (exact) mass is 182 g/mol. The molecule has 2 nitrogen and oxygen atoms in total. The molecule has 74 valence electrons. The van der Waals surface area contributed by atoms with Crippen molar-refractivity contribution in [1.82, 2.24) is 0 Å². The number of hydrogen-bond acceptors (Lipinski definition) is 2. The van der Waals surface area contributed by atoms with Gasteiger partial charge >= 0.3 is 5.97 Å². The molecule has 0 heterocycles. The van der Waals surface area contributed by atoms with Gasteiger partial charge in [-0.15, -0.1) is 0 Å². The zero-order valence-corrected chi connectivity index (χ0v) is 8.67. The van der Waals surface area contributed by atoms with Gasteiger partial charge in [-0.05, 0) is 27.2 Å². The van der Waals surface area contributed by atoms with Crippen molar-refractivity contribution in [1.29, 1.82) is 0 Å². The van der Waals surface area contributed by atoms with E-state index < -0.39 is 0 Å². The maximum Gasteiger partial charge on any atom is 0.306 e. The van der Waals surface area contributed by atoms with E-state index >= 15 is 0 Å². The van der Waals surface area contributed by atoms with Crippen LogP contribution in [0.4, 0.5) is 0 Å². The van der Waals surface area contributed by atoms with Gasteiger partial charge in [0, 0.05) is 6.42 Å². The fourth-order valence-electron chi connectivity index (χ4n) is 0.808. The third-order valence-electron chi connectivity index (χ3n) is 1.28. The van der Waals surface area contributed by atoms with E-state index in [4.69, 9.17) is 4.74 Å². The highest BCUT2D eigenvalue weighted by atomic mass is 16.5. The van der Waals surface area contributed by atoms with Gasteiger partial charge in [-0.2, -0.15) is 0 Å². The normalized spacial score (nSPS) is 10.8. The van der Waals surface area contributed by atoms with Crippen LogP contribution >= 0.6 is 0 Å². The number of ether oxygens (including phenoxy) is 1. The molecular formula is C11H18O2. The van der Waals surface area contributed by atoms with Crippen molar-refractivity contribution in [2.45, 2.75) is 39.7 Å². The van der Waals surface area contributed by atoms with E-state index in [9.17, 15) is 4.79 Å². The molecule has 0 spiro atoms. The van der Waals surface area contributed by atoms with Gasteiger partial charge in [-0.25, -0.2) is 0 Å². The molecule has 0 saturated heterocycles. The van der Waals surface area contributed by atoms with E-state index in [1.54, 1.807) is 0 Å². The topological polar surface area (TPSA) is 26.3 Å². The summed E-state index contributed by atoms with van der Waals surface area (Å²) in [5.41, 5.74) is 0.997. The van der Waals surface area contributed by atoms with Crippen LogP contribution in [-0.4, -0.2) is 12.1 Å². The second-order valence-electron chi connectivity index (χ2n) is 3.33. The van der Waals surface area contributed by atoms with Crippen molar-refractivity contribution in [3.8, 4) is 0 Å². The van der Waals surface area contributed by atoms with E-state index in [-0.39, 0.29) is 12.1 Å². The molecule has 0 amide bonds. The molecule has 13 heavy (non-hydrogen) atoms. The summed E-state index contributed by atoms with van der Waals surface area (Å²) in [4.78, 5) is 11.0. The minimum atomic E-state index is -0.138. The van der Waals surface area contributed by atoms with Crippen LogP contribution in [0.25, 0.3) is 0 Å².